The molecule has 0 saturated carbocycles. The predicted octanol–water partition coefficient (Wildman–Crippen LogP) is 1.92. The molecule has 0 radical (unpaired) electrons. The quantitative estimate of drug-likeness (QED) is 0.526. The van der Waals surface area contributed by atoms with Gasteiger partial charge in [-0.3, -0.25) is 5.10 Å². The van der Waals surface area contributed by atoms with E-state index in [-0.39, 0.29) is 0 Å². The van der Waals surface area contributed by atoms with Gasteiger partial charge in [0, 0.05) is 0 Å². The number of nitrogens with one attached hydrogen (secondary N) is 2. The molecule has 3 nitrogen and oxygen atoms in total. The van der Waals surface area contributed by atoms with E-state index in [0.29, 0.717) is 9.41 Å². The first-order valence-corrected chi connectivity index (χ1v) is 4.51. The molecule has 0 aliphatic carbocycles. The van der Waals surface area contributed by atoms with Crippen LogP contribution in [0, 0.1) is 9.41 Å². The molecule has 1 heterocycles. The van der Waals surface area contributed by atoms with Crippen LogP contribution in [-0.4, -0.2) is 21.4 Å². The van der Waals surface area contributed by atoms with E-state index in [2.05, 4.69) is 15.2 Å². The molecule has 0 aliphatic rings. The summed E-state index contributed by atoms with van der Waals surface area (Å²) in [6.07, 6.45) is 1.91. The molecule has 1 rings (SSSR count). The van der Waals surface area contributed by atoms with Crippen LogP contribution >= 0.6 is 36.2 Å². The zero-order valence-electron chi connectivity index (χ0n) is 5.17. The summed E-state index contributed by atoms with van der Waals surface area (Å²) >= 11 is 11.2. The molecule has 0 spiro atoms. The van der Waals surface area contributed by atoms with Crippen LogP contribution in [0.4, 0.5) is 0 Å². The first-order chi connectivity index (χ1) is 4.74. The van der Waals surface area contributed by atoms with Gasteiger partial charge in [0.15, 0.2) is 9.80 Å². The number of H-pyrrole nitrogens is 2. The van der Waals surface area contributed by atoms with Gasteiger partial charge in [-0.1, -0.05) is 12.2 Å². The lowest BCUT2D eigenvalue weighted by atomic mass is 10.9. The van der Waals surface area contributed by atoms with E-state index in [1.54, 1.807) is 0 Å². The summed E-state index contributed by atoms with van der Waals surface area (Å²) in [4.78, 5) is 2.78. The Morgan fingerprint density at radius 1 is 1.50 bits per heavy atom. The average molecular weight is 191 g/mol. The second-order valence-electron chi connectivity index (χ2n) is 1.52. The van der Waals surface area contributed by atoms with Crippen molar-refractivity contribution in [1.82, 2.24) is 15.2 Å². The van der Waals surface area contributed by atoms with Crippen LogP contribution in [0.2, 0.25) is 0 Å². The first kappa shape index (κ1) is 7.90. The number of hydrogen-bond donors (Lipinski definition) is 2. The lowest BCUT2D eigenvalue weighted by Crippen LogP contribution is -1.89. The van der Waals surface area contributed by atoms with E-state index in [1.165, 1.54) is 11.8 Å². The summed E-state index contributed by atoms with van der Waals surface area (Å²) in [5.74, 6) is 0. The number of rotatable bonds is 1. The highest BCUT2D eigenvalue weighted by molar-refractivity contribution is 7.98. The smallest absolute Gasteiger partial charge is 0.192 e. The lowest BCUT2D eigenvalue weighted by molar-refractivity contribution is 0.851. The third-order valence-electron chi connectivity index (χ3n) is 0.874. The van der Waals surface area contributed by atoms with Crippen molar-refractivity contribution in [3.05, 3.63) is 9.41 Å². The normalized spacial score (nSPS) is 9.70. The van der Waals surface area contributed by atoms with Gasteiger partial charge in [0.05, 0.1) is 0 Å². The van der Waals surface area contributed by atoms with Crippen molar-refractivity contribution >= 4 is 36.2 Å². The van der Waals surface area contributed by atoms with Crippen LogP contribution in [0.3, 0.4) is 0 Å². The fraction of sp³-hybridized carbons (Fsp3) is 0.250. The number of aromatic nitrogens is 3. The second-order valence-corrected chi connectivity index (χ2v) is 3.13. The van der Waals surface area contributed by atoms with Crippen LogP contribution in [0.25, 0.3) is 0 Å². The van der Waals surface area contributed by atoms with Crippen molar-refractivity contribution in [2.45, 2.75) is 5.03 Å². The minimum absolute atomic E-state index is 0.461. The van der Waals surface area contributed by atoms with Gasteiger partial charge in [-0.2, -0.15) is 5.10 Å². The third-order valence-corrected chi connectivity index (χ3v) is 2.17. The highest BCUT2D eigenvalue weighted by Crippen LogP contribution is 2.08. The molecule has 0 amide bonds. The van der Waals surface area contributed by atoms with Crippen molar-refractivity contribution < 1.29 is 0 Å². The second kappa shape index (κ2) is 3.27. The molecule has 0 unspecified atom stereocenters. The highest BCUT2D eigenvalue weighted by atomic mass is 32.2. The maximum Gasteiger partial charge on any atom is 0.192 e. The summed E-state index contributed by atoms with van der Waals surface area (Å²) < 4.78 is 1.05. The molecule has 0 atom stereocenters. The Labute approximate surface area is 72.3 Å². The van der Waals surface area contributed by atoms with Gasteiger partial charge < -0.3 is 4.98 Å². The lowest BCUT2D eigenvalue weighted by Gasteiger charge is -1.92. The van der Waals surface area contributed by atoms with Crippen molar-refractivity contribution in [2.75, 3.05) is 6.26 Å². The van der Waals surface area contributed by atoms with Gasteiger partial charge in [0.2, 0.25) is 0 Å². The van der Waals surface area contributed by atoms with E-state index in [1.807, 2.05) is 6.26 Å². The molecule has 0 bridgehead atoms. The molecule has 1 aromatic heterocycles. The summed E-state index contributed by atoms with van der Waals surface area (Å²) in [6, 6.07) is 0. The fourth-order valence-corrected chi connectivity index (χ4v) is 1.46. The molecule has 54 valence electrons. The van der Waals surface area contributed by atoms with Crippen LogP contribution in [0.1, 0.15) is 0 Å². The zero-order valence-corrected chi connectivity index (χ0v) is 7.62. The largest absolute Gasteiger partial charge is 0.320 e. The Hall–Kier alpha value is -0.200. The van der Waals surface area contributed by atoms with Crippen LogP contribution in [0.5, 0.6) is 0 Å². The highest BCUT2D eigenvalue weighted by Gasteiger charge is 1.91. The average Bonchev–Trinajstić information content (AvgIpc) is 1.88. The Balaban J connectivity index is 3.34. The molecule has 6 heteroatoms. The maximum atomic E-state index is 4.91. The Morgan fingerprint density at radius 3 is 2.70 bits per heavy atom. The summed E-state index contributed by atoms with van der Waals surface area (Å²) in [5, 5.41) is 7.28. The van der Waals surface area contributed by atoms with Crippen LogP contribution < -0.4 is 0 Å². The molecule has 0 aliphatic heterocycles. The van der Waals surface area contributed by atoms with Gasteiger partial charge >= 0.3 is 0 Å². The topological polar surface area (TPSA) is 44.5 Å². The number of thioether (sulfide) groups is 1. The monoisotopic (exact) mass is 191 g/mol. The number of hydrogen-bond acceptors (Lipinski definition) is 4. The molecule has 2 N–H and O–H groups in total. The van der Waals surface area contributed by atoms with E-state index >= 15 is 0 Å². The molecule has 0 aromatic carbocycles. The maximum absolute atomic E-state index is 4.91. The van der Waals surface area contributed by atoms with Crippen molar-refractivity contribution in [2.24, 2.45) is 0 Å². The molecule has 0 saturated heterocycles. The molecule has 10 heavy (non-hydrogen) atoms. The molecule has 1 aromatic rings. The molecule has 0 fully saturated rings. The Bertz CT molecular complexity index is 325. The first-order valence-electron chi connectivity index (χ1n) is 2.47. The minimum Gasteiger partial charge on any atom is -0.320 e. The summed E-state index contributed by atoms with van der Waals surface area (Å²) in [7, 11) is 0. The van der Waals surface area contributed by atoms with E-state index in [9.17, 15) is 0 Å². The SMILES string of the molecule is CSc1n[nH]c(=S)[nH]c1=S. The number of nitrogens with zero attached hydrogens (tertiary/aromatic N) is 1. The molecular formula is C4H5N3S3. The fourth-order valence-electron chi connectivity index (χ4n) is 0.475. The van der Waals surface area contributed by atoms with Crippen molar-refractivity contribution in [3.63, 3.8) is 0 Å². The third kappa shape index (κ3) is 1.65. The summed E-state index contributed by atoms with van der Waals surface area (Å²) in [6.45, 7) is 0. The van der Waals surface area contributed by atoms with Gasteiger partial charge in [-0.05, 0) is 18.5 Å². The van der Waals surface area contributed by atoms with Gasteiger partial charge in [-0.25, -0.2) is 0 Å². The van der Waals surface area contributed by atoms with Crippen LogP contribution in [0.15, 0.2) is 5.03 Å². The van der Waals surface area contributed by atoms with E-state index in [4.69, 9.17) is 24.4 Å². The minimum atomic E-state index is 0.461. The van der Waals surface area contributed by atoms with E-state index in [0.717, 1.165) is 5.03 Å². The molecular weight excluding hydrogens is 186 g/mol. The van der Waals surface area contributed by atoms with E-state index < -0.39 is 0 Å². The summed E-state index contributed by atoms with van der Waals surface area (Å²) in [5.41, 5.74) is 0. The van der Waals surface area contributed by atoms with Crippen LogP contribution in [-0.2, 0) is 0 Å². The zero-order chi connectivity index (χ0) is 7.56. The van der Waals surface area contributed by atoms with Gasteiger partial charge in [0.1, 0.15) is 4.64 Å². The van der Waals surface area contributed by atoms with Crippen molar-refractivity contribution in [3.8, 4) is 0 Å². The van der Waals surface area contributed by atoms with Crippen molar-refractivity contribution in [1.29, 1.82) is 0 Å². The Morgan fingerprint density at radius 2 is 2.20 bits per heavy atom. The number of aromatic amines is 2. The standard InChI is InChI=1S/C4H5N3S3/c1-10-3-2(8)5-4(9)7-6-3/h1H3,(H2,5,7,8,9). The van der Waals surface area contributed by atoms with Gasteiger partial charge in [0.25, 0.3) is 0 Å². The Kier molecular flexibility index (Phi) is 2.58. The predicted molar refractivity (Wildman–Crippen MR) is 46.4 cm³/mol. The van der Waals surface area contributed by atoms with Gasteiger partial charge in [-0.15, -0.1) is 11.8 Å².